The van der Waals surface area contributed by atoms with E-state index in [0.29, 0.717) is 11.8 Å². The van der Waals surface area contributed by atoms with Crippen molar-refractivity contribution in [2.45, 2.75) is 24.7 Å². The van der Waals surface area contributed by atoms with E-state index in [1.807, 2.05) is 11.1 Å². The van der Waals surface area contributed by atoms with Gasteiger partial charge in [-0.1, -0.05) is 0 Å². The van der Waals surface area contributed by atoms with Gasteiger partial charge in [0, 0.05) is 0 Å². The van der Waals surface area contributed by atoms with Crippen LogP contribution in [0.3, 0.4) is 0 Å². The van der Waals surface area contributed by atoms with E-state index in [1.165, 1.54) is 12.8 Å². The summed E-state index contributed by atoms with van der Waals surface area (Å²) in [7, 11) is 0. The maximum atomic E-state index is 1.82. The van der Waals surface area contributed by atoms with Crippen LogP contribution in [0.2, 0.25) is 0 Å². The molecule has 0 saturated carbocycles. The van der Waals surface area contributed by atoms with Gasteiger partial charge in [-0.2, -0.15) is 0 Å². The molecule has 254 valence electrons. The lowest BCUT2D eigenvalue weighted by atomic mass is 9.60. The lowest BCUT2D eigenvalue weighted by Crippen LogP contribution is -2.25. The minimum Gasteiger partial charge on any atom is -0.0303 e. The van der Waals surface area contributed by atoms with E-state index in [0.717, 1.165) is 0 Å². The largest absolute Gasteiger partial charge is 0.0303 e. The second kappa shape index (κ2) is 4.83. The average molecular weight is 751 g/mol. The van der Waals surface area contributed by atoms with Gasteiger partial charge in [-0.05, 0) is 338 Å². The Balaban J connectivity index is 1.33. The lowest BCUT2D eigenvalue weighted by molar-refractivity contribution is 0.538. The summed E-state index contributed by atoms with van der Waals surface area (Å²) in [6, 6.07) is 0. The van der Waals surface area contributed by atoms with Crippen LogP contribution < -0.4 is 0 Å². The number of rotatable bonds is 0. The van der Waals surface area contributed by atoms with Crippen LogP contribution in [-0.2, 0) is 12.8 Å². The molecule has 3 aliphatic rings. The minimum absolute atomic E-state index is 0.537. The zero-order chi connectivity index (χ0) is 36.1. The highest BCUT2D eigenvalue weighted by molar-refractivity contribution is 6.82. The topological polar surface area (TPSA) is 0 Å². The predicted octanol–water partition coefficient (Wildman–Crippen LogP) is 17.4. The Morgan fingerprint density at radius 2 is 0.242 bits per heavy atom. The summed E-state index contributed by atoms with van der Waals surface area (Å²) in [6.45, 7) is 0. The number of hydrogen-bond acceptors (Lipinski definition) is 0. The van der Waals surface area contributed by atoms with Crippen molar-refractivity contribution < 1.29 is 0 Å². The van der Waals surface area contributed by atoms with Crippen LogP contribution in [-0.4, -0.2) is 0 Å². The third-order valence-electron chi connectivity index (χ3n) is 23.6. The first-order valence-electron chi connectivity index (χ1n) is 23.7. The van der Waals surface area contributed by atoms with Gasteiger partial charge >= 0.3 is 0 Å². The van der Waals surface area contributed by atoms with E-state index in [4.69, 9.17) is 0 Å². The molecule has 0 heterocycles. The molecule has 62 heavy (non-hydrogen) atoms. The second-order valence-electron chi connectivity index (χ2n) is 23.7. The van der Waals surface area contributed by atoms with Crippen LogP contribution in [0.1, 0.15) is 34.1 Å². The summed E-state index contributed by atoms with van der Waals surface area (Å²) in [5.41, 5.74) is 7.18. The van der Waals surface area contributed by atoms with E-state index >= 15 is 0 Å². The van der Waals surface area contributed by atoms with Gasteiger partial charge in [0.2, 0.25) is 0 Å². The molecule has 0 aliphatic heterocycles. The molecule has 0 heteroatoms. The first-order valence-corrected chi connectivity index (χ1v) is 23.7. The molecule has 28 aromatic carbocycles. The smallest absolute Gasteiger partial charge is 0.0000000000000215 e. The summed E-state index contributed by atoms with van der Waals surface area (Å²) >= 11 is 0. The van der Waals surface area contributed by atoms with Crippen molar-refractivity contribution >= 4 is 291 Å². The van der Waals surface area contributed by atoms with Crippen LogP contribution in [0.25, 0.3) is 291 Å². The van der Waals surface area contributed by atoms with Crippen molar-refractivity contribution in [1.82, 2.24) is 0 Å². The predicted molar refractivity (Wildman–Crippen MR) is 265 cm³/mol. The molecule has 2 atom stereocenters. The van der Waals surface area contributed by atoms with Gasteiger partial charge in [-0.25, -0.2) is 0 Å². The summed E-state index contributed by atoms with van der Waals surface area (Å²) in [4.78, 5) is 0. The van der Waals surface area contributed by atoms with Crippen molar-refractivity contribution in [2.24, 2.45) is 0 Å². The second-order valence-corrected chi connectivity index (χ2v) is 23.7. The van der Waals surface area contributed by atoms with Gasteiger partial charge in [-0.15, -0.1) is 0 Å². The van der Waals surface area contributed by atoms with E-state index in [-0.39, 0.29) is 0 Å². The molecule has 0 aromatic heterocycles. The van der Waals surface area contributed by atoms with Crippen molar-refractivity contribution in [3.8, 4) is 0 Å². The molecule has 3 aliphatic carbocycles. The normalized spacial score (nSPS) is 21.1. The van der Waals surface area contributed by atoms with Gasteiger partial charge < -0.3 is 0 Å². The highest BCUT2D eigenvalue weighted by atomic mass is 14.5. The number of benzene rings is 18. The van der Waals surface area contributed by atoms with E-state index in [1.54, 1.807) is 302 Å². The molecular formula is C62H6. The van der Waals surface area contributed by atoms with Gasteiger partial charge in [0.05, 0.1) is 0 Å². The SMILES string of the molecule is C1c2c3c4c5c6c7c8c9c%10c(c%11c2c2c%12c3c3c4c4c6c6c%13c7c7c9c9c%10c%10c%11c%11c2c2c%12c%12c3c3c4c6c4c6c%13c7c7c9c9c%10c%11c%10c2c2c%12c3c4c3c6c7c9c%10c23)C1C8C5. The van der Waals surface area contributed by atoms with Crippen LogP contribution in [0, 0.1) is 0 Å². The van der Waals surface area contributed by atoms with E-state index in [9.17, 15) is 0 Å². The van der Waals surface area contributed by atoms with Crippen LogP contribution in [0.15, 0.2) is 0 Å². The lowest BCUT2D eigenvalue weighted by Gasteiger charge is -2.42. The molecular weight excluding hydrogens is 745 g/mol. The summed E-state index contributed by atoms with van der Waals surface area (Å²) in [5, 5.41) is 91.6. The van der Waals surface area contributed by atoms with Crippen LogP contribution in [0.4, 0.5) is 0 Å². The molecule has 2 unspecified atom stereocenters. The van der Waals surface area contributed by atoms with Gasteiger partial charge in [0.15, 0.2) is 0 Å². The Hall–Kier alpha value is -7.54. The third kappa shape index (κ3) is 1.12. The zero-order valence-corrected chi connectivity index (χ0v) is 31.6. The molecule has 0 N–H and O–H groups in total. The van der Waals surface area contributed by atoms with Gasteiger partial charge in [-0.3, -0.25) is 0 Å². The van der Waals surface area contributed by atoms with Crippen molar-refractivity contribution in [1.29, 1.82) is 0 Å². The van der Waals surface area contributed by atoms with Crippen molar-refractivity contribution in [3.63, 3.8) is 0 Å². The Morgan fingerprint density at radius 3 is 0.419 bits per heavy atom. The van der Waals surface area contributed by atoms with Crippen molar-refractivity contribution in [3.05, 3.63) is 22.3 Å². The van der Waals surface area contributed by atoms with Crippen LogP contribution in [0.5, 0.6) is 0 Å². The van der Waals surface area contributed by atoms with E-state index in [2.05, 4.69) is 0 Å². The Morgan fingerprint density at radius 1 is 0.129 bits per heavy atom. The molecule has 0 bridgehead atoms. The Kier molecular flexibility index (Phi) is 1.70. The Bertz CT molecular complexity index is 6450. The van der Waals surface area contributed by atoms with Crippen LogP contribution >= 0.6 is 0 Å². The molecule has 0 fully saturated rings. The Labute approximate surface area is 336 Å². The molecule has 0 nitrogen and oxygen atoms in total. The minimum atomic E-state index is 0.537. The molecule has 0 spiro atoms. The van der Waals surface area contributed by atoms with E-state index < -0.39 is 0 Å². The quantitative estimate of drug-likeness (QED) is 0.135. The first kappa shape index (κ1) is 21.8. The third-order valence-corrected chi connectivity index (χ3v) is 23.6. The average Bonchev–Trinajstić information content (AvgIpc) is 4.15. The number of hydrogen-bond donors (Lipinski definition) is 0. The molecule has 28 aromatic rings. The standard InChI is InChI=1S/C62H6/c1-3-4-2-6-10-9-5(1)11-13-7(3)15-16-8(4)14-12(6)20-25-18(10)23-17(9)24-19(11)28-32-21(13)30-26(15)37-27(16)31-22(14)33-29(20)39-36(25)45-34(23)44-35(24)38(28)47-51-42(32)40(30)49-46(37)50-41(31)43(33)52-48(39)56-54(45)53(44)55(47)61-59(51)57(49)58(50)60(52)62(56)61/h3-4H,1-2H2. The fourth-order valence-electron chi connectivity index (χ4n) is 23.5. The fraction of sp³-hybridized carbons (Fsp3) is 0.0645. The first-order chi connectivity index (χ1) is 31.0. The number of fused-ring (bicyclic) bond motifs is 4. The fourth-order valence-corrected chi connectivity index (χ4v) is 23.5. The summed E-state index contributed by atoms with van der Waals surface area (Å²) in [5.74, 6) is 1.07. The highest BCUT2D eigenvalue weighted by Gasteiger charge is 2.53. The summed E-state index contributed by atoms with van der Waals surface area (Å²) in [6.07, 6.45) is 2.43. The molecule has 31 rings (SSSR count). The van der Waals surface area contributed by atoms with Crippen molar-refractivity contribution in [2.75, 3.05) is 0 Å². The molecule has 0 saturated heterocycles. The maximum absolute atomic E-state index is 1.82. The van der Waals surface area contributed by atoms with Gasteiger partial charge in [0.25, 0.3) is 0 Å². The zero-order valence-electron chi connectivity index (χ0n) is 31.6. The summed E-state index contributed by atoms with van der Waals surface area (Å²) < 4.78 is 0. The molecule has 0 radical (unpaired) electrons. The monoisotopic (exact) mass is 750 g/mol. The molecule has 0 amide bonds. The highest BCUT2D eigenvalue weighted by Crippen LogP contribution is 2.80. The van der Waals surface area contributed by atoms with Gasteiger partial charge in [0.1, 0.15) is 0 Å². The maximum Gasteiger partial charge on any atom is -0.0000000000000215 e.